The number of hydrogen-bond donors (Lipinski definition) is 1. The number of hydrogen-bond acceptors (Lipinski definition) is 4. The first-order valence-corrected chi connectivity index (χ1v) is 7.63. The van der Waals surface area contributed by atoms with Gasteiger partial charge in [-0.25, -0.2) is 4.98 Å². The van der Waals surface area contributed by atoms with Gasteiger partial charge in [0.2, 0.25) is 0 Å². The average Bonchev–Trinajstić information content (AvgIpc) is 2.85. The Morgan fingerprint density at radius 1 is 1.50 bits per heavy atom. The third-order valence-corrected chi connectivity index (χ3v) is 5.02. The lowest BCUT2D eigenvalue weighted by Crippen LogP contribution is -2.16. The molecule has 0 atom stereocenters. The second kappa shape index (κ2) is 5.91. The quantitative estimate of drug-likeness (QED) is 0.852. The van der Waals surface area contributed by atoms with Gasteiger partial charge in [-0.2, -0.15) is 0 Å². The lowest BCUT2D eigenvalue weighted by Gasteiger charge is -2.00. The lowest BCUT2D eigenvalue weighted by molar-refractivity contribution is 0.688. The Balaban J connectivity index is 1.72. The summed E-state index contributed by atoms with van der Waals surface area (Å²) in [5, 5.41) is 5.54. The predicted octanol–water partition coefficient (Wildman–Crippen LogP) is 3.61. The largest absolute Gasteiger partial charge is 0.311 e. The number of thiophene rings is 1. The first-order chi connectivity index (χ1) is 7.75. The van der Waals surface area contributed by atoms with Crippen molar-refractivity contribution in [3.8, 4) is 0 Å². The van der Waals surface area contributed by atoms with Crippen LogP contribution in [0.1, 0.15) is 16.1 Å². The number of aryl methyl sites for hydroxylation is 1. The number of halogens is 1. The summed E-state index contributed by atoms with van der Waals surface area (Å²) in [5.41, 5.74) is 4.39. The van der Waals surface area contributed by atoms with E-state index in [1.807, 2.05) is 5.51 Å². The maximum atomic E-state index is 4.25. The molecule has 0 aliphatic rings. The Kier molecular flexibility index (Phi) is 4.52. The van der Waals surface area contributed by atoms with Crippen molar-refractivity contribution >= 4 is 38.6 Å². The van der Waals surface area contributed by atoms with Crippen LogP contribution in [0.4, 0.5) is 0 Å². The second-order valence-electron chi connectivity index (χ2n) is 3.58. The Bertz CT molecular complexity index is 417. The Morgan fingerprint density at radius 2 is 2.38 bits per heavy atom. The summed E-state index contributed by atoms with van der Waals surface area (Å²) in [7, 11) is 0. The fraction of sp³-hybridized carbons (Fsp3) is 0.364. The zero-order valence-corrected chi connectivity index (χ0v) is 12.2. The topological polar surface area (TPSA) is 24.9 Å². The van der Waals surface area contributed by atoms with Gasteiger partial charge in [-0.3, -0.25) is 0 Å². The molecule has 1 N–H and O–H groups in total. The first kappa shape index (κ1) is 12.2. The second-order valence-corrected chi connectivity index (χ2v) is 6.75. The standard InChI is InChI=1S/C11H13BrN2S2/c1-8-4-10(16-11(8)12)5-13-3-2-9-6-15-7-14-9/h4,6-7,13H,2-3,5H2,1H3. The summed E-state index contributed by atoms with van der Waals surface area (Å²) in [4.78, 5) is 5.63. The molecule has 0 bridgehead atoms. The third-order valence-electron chi connectivity index (χ3n) is 2.25. The molecule has 0 amide bonds. The number of rotatable bonds is 5. The maximum Gasteiger partial charge on any atom is 0.0794 e. The van der Waals surface area contributed by atoms with Crippen molar-refractivity contribution in [2.24, 2.45) is 0 Å². The molecule has 0 aliphatic heterocycles. The van der Waals surface area contributed by atoms with Gasteiger partial charge in [0.25, 0.3) is 0 Å². The van der Waals surface area contributed by atoms with E-state index in [0.717, 1.165) is 19.5 Å². The van der Waals surface area contributed by atoms with E-state index in [-0.39, 0.29) is 0 Å². The lowest BCUT2D eigenvalue weighted by atomic mass is 10.3. The highest BCUT2D eigenvalue weighted by Gasteiger charge is 2.02. The summed E-state index contributed by atoms with van der Waals surface area (Å²) in [6.07, 6.45) is 1.01. The minimum atomic E-state index is 0.946. The maximum absolute atomic E-state index is 4.25. The van der Waals surface area contributed by atoms with Crippen molar-refractivity contribution in [2.75, 3.05) is 6.54 Å². The van der Waals surface area contributed by atoms with E-state index in [9.17, 15) is 0 Å². The van der Waals surface area contributed by atoms with E-state index in [4.69, 9.17) is 0 Å². The van der Waals surface area contributed by atoms with Gasteiger partial charge in [-0.1, -0.05) is 0 Å². The van der Waals surface area contributed by atoms with E-state index in [1.54, 1.807) is 22.7 Å². The first-order valence-electron chi connectivity index (χ1n) is 5.08. The Hall–Kier alpha value is -0.230. The molecular weight excluding hydrogens is 304 g/mol. The monoisotopic (exact) mass is 316 g/mol. The van der Waals surface area contributed by atoms with Gasteiger partial charge < -0.3 is 5.32 Å². The number of aromatic nitrogens is 1. The van der Waals surface area contributed by atoms with Crippen LogP contribution < -0.4 is 5.32 Å². The van der Waals surface area contributed by atoms with Crippen molar-refractivity contribution in [2.45, 2.75) is 19.9 Å². The molecule has 2 aromatic heterocycles. The molecule has 0 fully saturated rings. The normalized spacial score (nSPS) is 10.9. The van der Waals surface area contributed by atoms with Crippen molar-refractivity contribution in [3.63, 3.8) is 0 Å². The van der Waals surface area contributed by atoms with Crippen molar-refractivity contribution in [1.82, 2.24) is 10.3 Å². The van der Waals surface area contributed by atoms with Crippen LogP contribution in [-0.2, 0) is 13.0 Å². The van der Waals surface area contributed by atoms with Crippen LogP contribution >= 0.6 is 38.6 Å². The van der Waals surface area contributed by atoms with Crippen molar-refractivity contribution < 1.29 is 0 Å². The molecule has 2 aromatic rings. The molecular formula is C11H13BrN2S2. The molecule has 2 rings (SSSR count). The summed E-state index contributed by atoms with van der Waals surface area (Å²) in [6, 6.07) is 2.23. The molecule has 0 spiro atoms. The average molecular weight is 317 g/mol. The highest BCUT2D eigenvalue weighted by atomic mass is 79.9. The van der Waals surface area contributed by atoms with Gasteiger partial charge in [0.1, 0.15) is 0 Å². The van der Waals surface area contributed by atoms with Gasteiger partial charge in [-0.15, -0.1) is 22.7 Å². The van der Waals surface area contributed by atoms with Gasteiger partial charge in [0.05, 0.1) is 15.0 Å². The fourth-order valence-electron chi connectivity index (χ4n) is 1.40. The van der Waals surface area contributed by atoms with E-state index in [1.165, 1.54) is 19.9 Å². The number of nitrogens with one attached hydrogen (secondary N) is 1. The molecule has 16 heavy (non-hydrogen) atoms. The molecule has 0 aliphatic carbocycles. The van der Waals surface area contributed by atoms with Crippen LogP contribution in [0.5, 0.6) is 0 Å². The summed E-state index contributed by atoms with van der Waals surface area (Å²) in [6.45, 7) is 4.05. The molecule has 0 radical (unpaired) electrons. The zero-order valence-electron chi connectivity index (χ0n) is 9.00. The molecule has 2 heterocycles. The van der Waals surface area contributed by atoms with Crippen LogP contribution in [0.2, 0.25) is 0 Å². The summed E-state index contributed by atoms with van der Waals surface area (Å²) >= 11 is 7.00. The predicted molar refractivity (Wildman–Crippen MR) is 74.3 cm³/mol. The highest BCUT2D eigenvalue weighted by molar-refractivity contribution is 9.11. The van der Waals surface area contributed by atoms with E-state index in [0.29, 0.717) is 0 Å². The van der Waals surface area contributed by atoms with Crippen LogP contribution in [0, 0.1) is 6.92 Å². The van der Waals surface area contributed by atoms with Gasteiger partial charge >= 0.3 is 0 Å². The number of thiazole rings is 1. The molecule has 0 saturated heterocycles. The van der Waals surface area contributed by atoms with Crippen molar-refractivity contribution in [1.29, 1.82) is 0 Å². The van der Waals surface area contributed by atoms with Crippen LogP contribution in [-0.4, -0.2) is 11.5 Å². The summed E-state index contributed by atoms with van der Waals surface area (Å²) < 4.78 is 1.24. The molecule has 0 unspecified atom stereocenters. The molecule has 0 saturated carbocycles. The SMILES string of the molecule is Cc1cc(CNCCc2cscn2)sc1Br. The Labute approximate surface area is 112 Å². The van der Waals surface area contributed by atoms with Crippen molar-refractivity contribution in [3.05, 3.63) is 36.9 Å². The van der Waals surface area contributed by atoms with Gasteiger partial charge in [-0.05, 0) is 34.5 Å². The van der Waals surface area contributed by atoms with Crippen LogP contribution in [0.25, 0.3) is 0 Å². The number of nitrogens with zero attached hydrogens (tertiary/aromatic N) is 1. The molecule has 5 heteroatoms. The molecule has 2 nitrogen and oxygen atoms in total. The van der Waals surface area contributed by atoms with E-state index in [2.05, 4.69) is 44.6 Å². The van der Waals surface area contributed by atoms with E-state index >= 15 is 0 Å². The highest BCUT2D eigenvalue weighted by Crippen LogP contribution is 2.26. The Morgan fingerprint density at radius 3 is 3.00 bits per heavy atom. The van der Waals surface area contributed by atoms with Gasteiger partial charge in [0.15, 0.2) is 0 Å². The minimum absolute atomic E-state index is 0.946. The zero-order chi connectivity index (χ0) is 11.4. The molecule has 0 aromatic carbocycles. The van der Waals surface area contributed by atoms with E-state index < -0.39 is 0 Å². The van der Waals surface area contributed by atoms with Gasteiger partial charge in [0, 0.05) is 29.8 Å². The fourth-order valence-corrected chi connectivity index (χ4v) is 3.59. The summed E-state index contributed by atoms with van der Waals surface area (Å²) in [5.74, 6) is 0. The van der Waals surface area contributed by atoms with Crippen LogP contribution in [0.3, 0.4) is 0 Å². The minimum Gasteiger partial charge on any atom is -0.311 e. The smallest absolute Gasteiger partial charge is 0.0794 e. The third kappa shape index (κ3) is 3.38. The molecule has 86 valence electrons. The van der Waals surface area contributed by atoms with Crippen LogP contribution in [0.15, 0.2) is 20.7 Å².